The number of nitrogens with one attached hydrogen (secondary N) is 1. The number of halogens is 4. The molecule has 0 radical (unpaired) electrons. The van der Waals surface area contributed by atoms with Gasteiger partial charge in [0, 0.05) is 16.2 Å². The summed E-state index contributed by atoms with van der Waals surface area (Å²) >= 11 is 2.97. The highest BCUT2D eigenvalue weighted by molar-refractivity contribution is 9.10. The third kappa shape index (κ3) is 2.48. The Balaban J connectivity index is 2.55. The molecule has 6 heteroatoms. The molecular weight excluding hydrogens is 311 g/mol. The lowest BCUT2D eigenvalue weighted by Gasteiger charge is -2.12. The largest absolute Gasteiger partial charge is 0.417 e. The van der Waals surface area contributed by atoms with E-state index in [1.165, 1.54) is 18.3 Å². The normalized spacial score (nSPS) is 11.6. The zero-order chi connectivity index (χ0) is 13.3. The molecule has 1 N–H and O–H groups in total. The fraction of sp³-hybridized carbons (Fsp3) is 0.0833. The molecule has 2 nitrogen and oxygen atoms in total. The number of aromatic nitrogens is 1. The van der Waals surface area contributed by atoms with Gasteiger partial charge in [-0.3, -0.25) is 4.79 Å². The average molecular weight is 318 g/mol. The van der Waals surface area contributed by atoms with E-state index in [0.717, 1.165) is 12.1 Å². The Morgan fingerprint density at radius 1 is 1.22 bits per heavy atom. The molecule has 0 aliphatic heterocycles. The van der Waals surface area contributed by atoms with Crippen LogP contribution in [-0.2, 0) is 6.18 Å². The molecular formula is C12H7BrF3NO. The number of carbonyl (C=O) groups is 1. The molecule has 0 fully saturated rings. The van der Waals surface area contributed by atoms with Gasteiger partial charge in [0.1, 0.15) is 0 Å². The van der Waals surface area contributed by atoms with Crippen LogP contribution in [0.5, 0.6) is 0 Å². The van der Waals surface area contributed by atoms with E-state index in [4.69, 9.17) is 0 Å². The first-order valence-electron chi connectivity index (χ1n) is 4.94. The summed E-state index contributed by atoms with van der Waals surface area (Å²) in [5.41, 5.74) is -1.19. The second-order valence-electron chi connectivity index (χ2n) is 3.60. The molecule has 0 aliphatic carbocycles. The molecule has 2 rings (SSSR count). The maximum absolute atomic E-state index is 12.8. The number of benzene rings is 1. The number of ketones is 1. The lowest BCUT2D eigenvalue weighted by Crippen LogP contribution is -2.14. The molecule has 1 aromatic heterocycles. The maximum Gasteiger partial charge on any atom is 0.417 e. The summed E-state index contributed by atoms with van der Waals surface area (Å²) in [6.45, 7) is 0. The Morgan fingerprint density at radius 2 is 1.94 bits per heavy atom. The molecule has 1 heterocycles. The second kappa shape index (κ2) is 4.61. The van der Waals surface area contributed by atoms with Crippen LogP contribution in [0, 0.1) is 0 Å². The van der Waals surface area contributed by atoms with Crippen LogP contribution >= 0.6 is 15.9 Å². The fourth-order valence-corrected chi connectivity index (χ4v) is 1.93. The van der Waals surface area contributed by atoms with Crippen molar-refractivity contribution in [1.82, 2.24) is 4.98 Å². The number of carbonyl (C=O) groups excluding carboxylic acids is 1. The van der Waals surface area contributed by atoms with Crippen molar-refractivity contribution in [2.75, 3.05) is 0 Å². The fourth-order valence-electron chi connectivity index (χ4n) is 1.57. The Bertz CT molecular complexity index is 576. The summed E-state index contributed by atoms with van der Waals surface area (Å²) in [5.74, 6) is -0.681. The Morgan fingerprint density at radius 3 is 2.50 bits per heavy atom. The molecule has 18 heavy (non-hydrogen) atoms. The lowest BCUT2D eigenvalue weighted by molar-refractivity contribution is -0.137. The predicted molar refractivity (Wildman–Crippen MR) is 63.4 cm³/mol. The van der Waals surface area contributed by atoms with Crippen molar-refractivity contribution >= 4 is 21.7 Å². The monoisotopic (exact) mass is 317 g/mol. The summed E-state index contributed by atoms with van der Waals surface area (Å²) in [5, 5.41) is 0. The first-order chi connectivity index (χ1) is 8.39. The highest BCUT2D eigenvalue weighted by Crippen LogP contribution is 2.34. The quantitative estimate of drug-likeness (QED) is 0.833. The van der Waals surface area contributed by atoms with Crippen molar-refractivity contribution in [2.45, 2.75) is 6.18 Å². The van der Waals surface area contributed by atoms with Crippen molar-refractivity contribution in [1.29, 1.82) is 0 Å². The third-order valence-corrected chi connectivity index (χ3v) is 2.87. The van der Waals surface area contributed by atoms with Crippen LogP contribution in [0.15, 0.2) is 41.0 Å². The molecule has 0 aliphatic rings. The zero-order valence-electron chi connectivity index (χ0n) is 8.88. The van der Waals surface area contributed by atoms with E-state index in [0.29, 0.717) is 0 Å². The summed E-state index contributed by atoms with van der Waals surface area (Å²) in [6.07, 6.45) is -3.08. The van der Waals surface area contributed by atoms with Crippen molar-refractivity contribution in [3.63, 3.8) is 0 Å². The van der Waals surface area contributed by atoms with Crippen LogP contribution in [-0.4, -0.2) is 10.8 Å². The molecule has 0 unspecified atom stereocenters. The van der Waals surface area contributed by atoms with Gasteiger partial charge in [-0.15, -0.1) is 0 Å². The van der Waals surface area contributed by atoms with Gasteiger partial charge in [-0.25, -0.2) is 0 Å². The highest BCUT2D eigenvalue weighted by Gasteiger charge is 2.35. The number of hydrogen-bond acceptors (Lipinski definition) is 1. The van der Waals surface area contributed by atoms with Crippen LogP contribution in [0.25, 0.3) is 0 Å². The Hall–Kier alpha value is -1.56. The van der Waals surface area contributed by atoms with Crippen LogP contribution in [0.3, 0.4) is 0 Å². The van der Waals surface area contributed by atoms with Gasteiger partial charge in [0.25, 0.3) is 0 Å². The molecule has 0 saturated carbocycles. The molecule has 0 bridgehead atoms. The molecule has 0 saturated heterocycles. The van der Waals surface area contributed by atoms with Gasteiger partial charge in [0.05, 0.1) is 11.3 Å². The van der Waals surface area contributed by atoms with Crippen molar-refractivity contribution in [3.8, 4) is 0 Å². The van der Waals surface area contributed by atoms with Gasteiger partial charge >= 0.3 is 6.18 Å². The van der Waals surface area contributed by atoms with E-state index in [1.54, 1.807) is 6.07 Å². The second-order valence-corrected chi connectivity index (χ2v) is 4.52. The van der Waals surface area contributed by atoms with E-state index >= 15 is 0 Å². The minimum atomic E-state index is -4.57. The van der Waals surface area contributed by atoms with Gasteiger partial charge in [-0.05, 0) is 30.3 Å². The smallest absolute Gasteiger partial charge is 0.359 e. The van der Waals surface area contributed by atoms with Crippen LogP contribution in [0.2, 0.25) is 0 Å². The average Bonchev–Trinajstić information content (AvgIpc) is 2.80. The minimum Gasteiger partial charge on any atom is -0.359 e. The highest BCUT2D eigenvalue weighted by atomic mass is 79.9. The van der Waals surface area contributed by atoms with Gasteiger partial charge in [-0.2, -0.15) is 13.2 Å². The van der Waals surface area contributed by atoms with Gasteiger partial charge in [0.2, 0.25) is 5.78 Å². The molecule has 0 amide bonds. The predicted octanol–water partition coefficient (Wildman–Crippen LogP) is 4.03. The van der Waals surface area contributed by atoms with Crippen LogP contribution in [0.1, 0.15) is 21.6 Å². The number of H-pyrrole nitrogens is 1. The van der Waals surface area contributed by atoms with Crippen LogP contribution in [0.4, 0.5) is 13.2 Å². The number of alkyl halides is 3. The Kier molecular flexibility index (Phi) is 3.30. The molecule has 0 spiro atoms. The molecule has 0 atom stereocenters. The Labute approximate surface area is 109 Å². The molecule has 2 aromatic rings. The molecule has 94 valence electrons. The summed E-state index contributed by atoms with van der Waals surface area (Å²) < 4.78 is 38.8. The summed E-state index contributed by atoms with van der Waals surface area (Å²) in [7, 11) is 0. The lowest BCUT2D eigenvalue weighted by atomic mass is 10.0. The van der Waals surface area contributed by atoms with Crippen LogP contribution < -0.4 is 0 Å². The first-order valence-corrected chi connectivity index (χ1v) is 5.74. The summed E-state index contributed by atoms with van der Waals surface area (Å²) in [4.78, 5) is 14.5. The first kappa shape index (κ1) is 12.9. The number of rotatable bonds is 2. The third-order valence-electron chi connectivity index (χ3n) is 2.37. The number of aromatic amines is 1. The molecule has 1 aromatic carbocycles. The van der Waals surface area contributed by atoms with Gasteiger partial charge < -0.3 is 4.98 Å². The topological polar surface area (TPSA) is 32.9 Å². The summed E-state index contributed by atoms with van der Waals surface area (Å²) in [6, 6.07) is 6.46. The van der Waals surface area contributed by atoms with Crippen molar-refractivity contribution in [2.24, 2.45) is 0 Å². The number of hydrogen-bond donors (Lipinski definition) is 1. The van der Waals surface area contributed by atoms with E-state index < -0.39 is 17.5 Å². The SMILES string of the molecule is O=C(c1ccc[nH]1)c1ccc(Br)cc1C(F)(F)F. The van der Waals surface area contributed by atoms with Gasteiger partial charge in [-0.1, -0.05) is 15.9 Å². The van der Waals surface area contributed by atoms with E-state index in [-0.39, 0.29) is 15.7 Å². The van der Waals surface area contributed by atoms with Crippen molar-refractivity contribution in [3.05, 3.63) is 57.8 Å². The van der Waals surface area contributed by atoms with E-state index in [1.807, 2.05) is 0 Å². The van der Waals surface area contributed by atoms with E-state index in [9.17, 15) is 18.0 Å². The minimum absolute atomic E-state index is 0.128. The van der Waals surface area contributed by atoms with Crippen molar-refractivity contribution < 1.29 is 18.0 Å². The standard InChI is InChI=1S/C12H7BrF3NO/c13-7-3-4-8(9(6-7)12(14,15)16)11(18)10-2-1-5-17-10/h1-6,17H. The maximum atomic E-state index is 12.8. The van der Waals surface area contributed by atoms with Gasteiger partial charge in [0.15, 0.2) is 0 Å². The zero-order valence-corrected chi connectivity index (χ0v) is 10.5. The van der Waals surface area contributed by atoms with E-state index in [2.05, 4.69) is 20.9 Å².